The van der Waals surface area contributed by atoms with E-state index in [0.717, 1.165) is 10.7 Å². The molecule has 5 nitrogen and oxygen atoms in total. The van der Waals surface area contributed by atoms with Crippen molar-refractivity contribution in [2.45, 2.75) is 12.5 Å². The first-order valence-corrected chi connectivity index (χ1v) is 5.82. The van der Waals surface area contributed by atoms with Crippen LogP contribution in [0, 0.1) is 0 Å². The van der Waals surface area contributed by atoms with Crippen LogP contribution in [0.15, 0.2) is 11.6 Å². The summed E-state index contributed by atoms with van der Waals surface area (Å²) in [5.41, 5.74) is 6.41. The van der Waals surface area contributed by atoms with Crippen LogP contribution < -0.4 is 5.73 Å². The third kappa shape index (κ3) is 1.91. The molecule has 0 aliphatic heterocycles. The summed E-state index contributed by atoms with van der Waals surface area (Å²) in [6.07, 6.45) is 2.15. The molecule has 2 N–H and O–H groups in total. The Morgan fingerprint density at radius 1 is 1.81 bits per heavy atom. The second-order valence-electron chi connectivity index (χ2n) is 3.24. The van der Waals surface area contributed by atoms with Crippen molar-refractivity contribution in [1.29, 1.82) is 0 Å². The Labute approximate surface area is 101 Å². The molecule has 2 rings (SSSR count). The van der Waals surface area contributed by atoms with Gasteiger partial charge in [-0.1, -0.05) is 11.6 Å². The standard InChI is InChI=1S/C9H10ClN3O2S/c1-15-8(14)5(11)4-6-7(10)12-9-13(6)2-3-16-9/h2-3,5H,4,11H2,1H3. The van der Waals surface area contributed by atoms with Gasteiger partial charge in [0.1, 0.15) is 6.04 Å². The third-order valence-corrected chi connectivity index (χ3v) is 3.29. The van der Waals surface area contributed by atoms with Gasteiger partial charge in [0.2, 0.25) is 0 Å². The van der Waals surface area contributed by atoms with Gasteiger partial charge in [-0.15, -0.1) is 11.3 Å². The Bertz CT molecular complexity index is 522. The van der Waals surface area contributed by atoms with E-state index >= 15 is 0 Å². The molecule has 0 aromatic carbocycles. The molecule has 1 unspecified atom stereocenters. The van der Waals surface area contributed by atoms with E-state index in [1.54, 1.807) is 0 Å². The number of carbonyl (C=O) groups excluding carboxylic acids is 1. The maximum Gasteiger partial charge on any atom is 0.323 e. The van der Waals surface area contributed by atoms with Gasteiger partial charge in [0.25, 0.3) is 0 Å². The molecule has 16 heavy (non-hydrogen) atoms. The molecule has 0 aliphatic carbocycles. The van der Waals surface area contributed by atoms with Gasteiger partial charge < -0.3 is 10.5 Å². The fraction of sp³-hybridized carbons (Fsp3) is 0.333. The number of aromatic nitrogens is 2. The first kappa shape index (κ1) is 11.4. The summed E-state index contributed by atoms with van der Waals surface area (Å²) < 4.78 is 6.39. The molecular formula is C9H10ClN3O2S. The number of hydrogen-bond acceptors (Lipinski definition) is 5. The third-order valence-electron chi connectivity index (χ3n) is 2.23. The summed E-state index contributed by atoms with van der Waals surface area (Å²) in [6, 6.07) is -0.720. The zero-order chi connectivity index (χ0) is 11.7. The number of methoxy groups -OCH3 is 1. The van der Waals surface area contributed by atoms with E-state index in [1.807, 2.05) is 16.0 Å². The topological polar surface area (TPSA) is 69.6 Å². The van der Waals surface area contributed by atoms with Crippen LogP contribution in [-0.2, 0) is 16.0 Å². The molecule has 86 valence electrons. The Kier molecular flexibility index (Phi) is 3.13. The average molecular weight is 260 g/mol. The fourth-order valence-corrected chi connectivity index (χ4v) is 2.46. The normalized spacial score (nSPS) is 12.9. The summed E-state index contributed by atoms with van der Waals surface area (Å²) in [4.78, 5) is 16.1. The number of nitrogens with two attached hydrogens (primary N) is 1. The van der Waals surface area contributed by atoms with Gasteiger partial charge in [0.15, 0.2) is 10.1 Å². The number of hydrogen-bond donors (Lipinski definition) is 1. The van der Waals surface area contributed by atoms with Gasteiger partial charge in [-0.2, -0.15) is 0 Å². The predicted molar refractivity (Wildman–Crippen MR) is 61.8 cm³/mol. The number of rotatable bonds is 3. The number of ether oxygens (including phenoxy) is 1. The summed E-state index contributed by atoms with van der Waals surface area (Å²) in [5.74, 6) is -0.457. The van der Waals surface area contributed by atoms with Crippen LogP contribution in [0.3, 0.4) is 0 Å². The number of nitrogens with zero attached hydrogens (tertiary/aromatic N) is 2. The van der Waals surface area contributed by atoms with E-state index < -0.39 is 12.0 Å². The van der Waals surface area contributed by atoms with E-state index in [9.17, 15) is 4.79 Å². The number of carbonyl (C=O) groups is 1. The number of thiazole rings is 1. The maximum atomic E-state index is 11.2. The molecule has 0 spiro atoms. The Morgan fingerprint density at radius 2 is 2.56 bits per heavy atom. The van der Waals surface area contributed by atoms with Crippen LogP contribution in [0.4, 0.5) is 0 Å². The van der Waals surface area contributed by atoms with Gasteiger partial charge in [-0.3, -0.25) is 9.20 Å². The van der Waals surface area contributed by atoms with Crippen LogP contribution in [0.5, 0.6) is 0 Å². The molecule has 0 saturated carbocycles. The molecule has 0 fully saturated rings. The van der Waals surface area contributed by atoms with Crippen molar-refractivity contribution in [1.82, 2.24) is 9.38 Å². The molecule has 2 aromatic rings. The van der Waals surface area contributed by atoms with Crippen LogP contribution in [0.25, 0.3) is 4.96 Å². The van der Waals surface area contributed by atoms with Gasteiger partial charge in [-0.05, 0) is 0 Å². The first-order chi connectivity index (χ1) is 7.63. The van der Waals surface area contributed by atoms with Gasteiger partial charge in [-0.25, -0.2) is 4.98 Å². The summed E-state index contributed by atoms with van der Waals surface area (Å²) in [5, 5.41) is 2.28. The largest absolute Gasteiger partial charge is 0.468 e. The summed E-state index contributed by atoms with van der Waals surface area (Å²) in [6.45, 7) is 0. The molecule has 0 saturated heterocycles. The van der Waals surface area contributed by atoms with E-state index in [1.165, 1.54) is 18.4 Å². The highest BCUT2D eigenvalue weighted by molar-refractivity contribution is 7.15. The monoisotopic (exact) mass is 259 g/mol. The summed E-state index contributed by atoms with van der Waals surface area (Å²) >= 11 is 7.44. The maximum absolute atomic E-state index is 11.2. The molecule has 0 amide bonds. The van der Waals surface area contributed by atoms with Crippen LogP contribution in [0.1, 0.15) is 5.69 Å². The lowest BCUT2D eigenvalue weighted by Crippen LogP contribution is -2.34. The fourth-order valence-electron chi connectivity index (χ4n) is 1.43. The van der Waals surface area contributed by atoms with Gasteiger partial charge in [0, 0.05) is 18.0 Å². The first-order valence-electron chi connectivity index (χ1n) is 4.57. The quantitative estimate of drug-likeness (QED) is 0.838. The highest BCUT2D eigenvalue weighted by atomic mass is 35.5. The van der Waals surface area contributed by atoms with Crippen molar-refractivity contribution in [3.8, 4) is 0 Å². The minimum Gasteiger partial charge on any atom is -0.468 e. The zero-order valence-corrected chi connectivity index (χ0v) is 10.1. The second-order valence-corrected chi connectivity index (χ2v) is 4.47. The molecule has 2 heterocycles. The van der Waals surface area contributed by atoms with Crippen molar-refractivity contribution in [3.63, 3.8) is 0 Å². The minimum absolute atomic E-state index is 0.309. The molecular weight excluding hydrogens is 250 g/mol. The van der Waals surface area contributed by atoms with Crippen molar-refractivity contribution in [2.75, 3.05) is 7.11 Å². The second kappa shape index (κ2) is 4.40. The number of fused-ring (bicyclic) bond motifs is 1. The molecule has 0 bridgehead atoms. The number of esters is 1. The highest BCUT2D eigenvalue weighted by Gasteiger charge is 2.19. The SMILES string of the molecule is COC(=O)C(N)Cc1c(Cl)nc2sccn12. The van der Waals surface area contributed by atoms with Crippen molar-refractivity contribution in [2.24, 2.45) is 5.73 Å². The van der Waals surface area contributed by atoms with E-state index in [-0.39, 0.29) is 0 Å². The lowest BCUT2D eigenvalue weighted by atomic mass is 10.2. The van der Waals surface area contributed by atoms with Crippen molar-refractivity contribution in [3.05, 3.63) is 22.4 Å². The average Bonchev–Trinajstić information content (AvgIpc) is 2.81. The molecule has 2 aromatic heterocycles. The van der Waals surface area contributed by atoms with E-state index in [2.05, 4.69) is 9.72 Å². The summed E-state index contributed by atoms with van der Waals surface area (Å²) in [7, 11) is 1.31. The number of halogens is 1. The molecule has 1 atom stereocenters. The molecule has 0 radical (unpaired) electrons. The minimum atomic E-state index is -0.720. The van der Waals surface area contributed by atoms with Crippen molar-refractivity contribution < 1.29 is 9.53 Å². The Balaban J connectivity index is 2.29. The van der Waals surface area contributed by atoms with Crippen LogP contribution >= 0.6 is 22.9 Å². The highest BCUT2D eigenvalue weighted by Crippen LogP contribution is 2.22. The smallest absolute Gasteiger partial charge is 0.323 e. The van der Waals surface area contributed by atoms with Crippen LogP contribution in [0.2, 0.25) is 5.15 Å². The molecule has 7 heteroatoms. The predicted octanol–water partition coefficient (Wildman–Crippen LogP) is 1.09. The van der Waals surface area contributed by atoms with Crippen molar-refractivity contribution >= 4 is 33.9 Å². The number of imidazole rings is 1. The van der Waals surface area contributed by atoms with E-state index in [0.29, 0.717) is 11.6 Å². The zero-order valence-electron chi connectivity index (χ0n) is 8.51. The van der Waals surface area contributed by atoms with Gasteiger partial charge >= 0.3 is 5.97 Å². The van der Waals surface area contributed by atoms with Crippen LogP contribution in [-0.4, -0.2) is 28.5 Å². The Morgan fingerprint density at radius 3 is 3.25 bits per heavy atom. The lowest BCUT2D eigenvalue weighted by molar-refractivity contribution is -0.142. The van der Waals surface area contributed by atoms with E-state index in [4.69, 9.17) is 17.3 Å². The van der Waals surface area contributed by atoms with Gasteiger partial charge in [0.05, 0.1) is 12.8 Å². The molecule has 0 aliphatic rings. The Hall–Kier alpha value is -1.11. The lowest BCUT2D eigenvalue weighted by Gasteiger charge is -2.08.